The summed E-state index contributed by atoms with van der Waals surface area (Å²) >= 11 is 0. The Bertz CT molecular complexity index is 426. The molecule has 1 aliphatic heterocycles. The zero-order chi connectivity index (χ0) is 15.1. The lowest BCUT2D eigenvalue weighted by atomic mass is 10.0. The number of halogens is 2. The molecule has 5 heteroatoms. The van der Waals surface area contributed by atoms with Gasteiger partial charge in [-0.2, -0.15) is 0 Å². The number of nitrogens with one attached hydrogen (secondary N) is 1. The quantitative estimate of drug-likeness (QED) is 0.744. The summed E-state index contributed by atoms with van der Waals surface area (Å²) in [5.41, 5.74) is 2.73. The Kier molecular flexibility index (Phi) is 11.4. The first kappa shape index (κ1) is 22.3. The highest BCUT2D eigenvalue weighted by Crippen LogP contribution is 2.27. The first-order chi connectivity index (χ1) is 10.3. The maximum atomic E-state index is 3.94. The number of rotatable bonds is 7. The molecule has 2 rings (SSSR count). The monoisotopic (exact) mass is 359 g/mol. The Morgan fingerprint density at radius 3 is 2.17 bits per heavy atom. The summed E-state index contributed by atoms with van der Waals surface area (Å²) in [5, 5.41) is 3.43. The van der Waals surface area contributed by atoms with Crippen LogP contribution in [0.15, 0.2) is 36.9 Å². The fourth-order valence-corrected chi connectivity index (χ4v) is 3.14. The second-order valence-electron chi connectivity index (χ2n) is 5.59. The number of anilines is 1. The number of hydrogen-bond donors (Lipinski definition) is 1. The molecule has 0 aromatic heterocycles. The van der Waals surface area contributed by atoms with Gasteiger partial charge in [0.25, 0.3) is 0 Å². The fraction of sp³-hybridized carbons (Fsp3) is 0.556. The van der Waals surface area contributed by atoms with E-state index in [4.69, 9.17) is 0 Å². The molecule has 0 saturated carbocycles. The highest BCUT2D eigenvalue weighted by molar-refractivity contribution is 5.85. The van der Waals surface area contributed by atoms with Crippen LogP contribution in [-0.4, -0.2) is 44.2 Å². The summed E-state index contributed by atoms with van der Waals surface area (Å²) in [6, 6.07) is 9.59. The van der Waals surface area contributed by atoms with Crippen molar-refractivity contribution in [2.75, 3.05) is 44.2 Å². The third kappa shape index (κ3) is 6.00. The van der Waals surface area contributed by atoms with Crippen LogP contribution in [-0.2, 0) is 0 Å². The molecule has 0 unspecified atom stereocenters. The molecule has 1 saturated heterocycles. The van der Waals surface area contributed by atoms with Crippen LogP contribution in [0.1, 0.15) is 31.9 Å². The maximum Gasteiger partial charge on any atom is 0.0383 e. The molecule has 1 aromatic carbocycles. The number of hydrogen-bond acceptors (Lipinski definition) is 3. The van der Waals surface area contributed by atoms with Crippen molar-refractivity contribution in [1.82, 2.24) is 10.2 Å². The second kappa shape index (κ2) is 11.7. The third-order valence-electron chi connectivity index (χ3n) is 4.39. The molecule has 1 atom stereocenters. The zero-order valence-corrected chi connectivity index (χ0v) is 16.0. The van der Waals surface area contributed by atoms with Gasteiger partial charge in [0.1, 0.15) is 0 Å². The van der Waals surface area contributed by atoms with Crippen molar-refractivity contribution >= 4 is 30.5 Å². The van der Waals surface area contributed by atoms with Crippen LogP contribution in [0.4, 0.5) is 5.69 Å². The van der Waals surface area contributed by atoms with Crippen molar-refractivity contribution in [3.8, 4) is 0 Å². The van der Waals surface area contributed by atoms with Crippen molar-refractivity contribution in [2.45, 2.75) is 26.3 Å². The topological polar surface area (TPSA) is 18.5 Å². The van der Waals surface area contributed by atoms with Gasteiger partial charge in [-0.25, -0.2) is 0 Å². The number of nitrogens with zero attached hydrogens (tertiary/aromatic N) is 2. The Morgan fingerprint density at radius 2 is 1.70 bits per heavy atom. The Balaban J connectivity index is 0.00000242. The van der Waals surface area contributed by atoms with Gasteiger partial charge in [0.05, 0.1) is 0 Å². The lowest BCUT2D eigenvalue weighted by Gasteiger charge is -2.35. The molecule has 1 aliphatic rings. The van der Waals surface area contributed by atoms with E-state index < -0.39 is 0 Å². The van der Waals surface area contributed by atoms with E-state index >= 15 is 0 Å². The van der Waals surface area contributed by atoms with Gasteiger partial charge >= 0.3 is 0 Å². The molecule has 0 amide bonds. The van der Waals surface area contributed by atoms with Crippen LogP contribution in [0, 0.1) is 0 Å². The van der Waals surface area contributed by atoms with Gasteiger partial charge in [-0.3, -0.25) is 4.90 Å². The highest BCUT2D eigenvalue weighted by Gasteiger charge is 2.21. The minimum atomic E-state index is 0. The predicted molar refractivity (Wildman–Crippen MR) is 106 cm³/mol. The van der Waals surface area contributed by atoms with Crippen LogP contribution in [0.25, 0.3) is 0 Å². The molecule has 0 spiro atoms. The molecule has 0 bridgehead atoms. The maximum absolute atomic E-state index is 3.94. The van der Waals surface area contributed by atoms with Gasteiger partial charge < -0.3 is 10.2 Å². The van der Waals surface area contributed by atoms with Gasteiger partial charge in [0.15, 0.2) is 0 Å². The Hall–Kier alpha value is -0.740. The van der Waals surface area contributed by atoms with E-state index in [1.807, 2.05) is 6.08 Å². The normalized spacial score (nSPS) is 15.9. The molecule has 3 nitrogen and oxygen atoms in total. The van der Waals surface area contributed by atoms with Crippen LogP contribution in [0.2, 0.25) is 0 Å². The van der Waals surface area contributed by atoms with Crippen molar-refractivity contribution in [3.63, 3.8) is 0 Å². The Labute approximate surface area is 153 Å². The first-order valence-corrected chi connectivity index (χ1v) is 8.20. The van der Waals surface area contributed by atoms with E-state index in [0.717, 1.165) is 45.7 Å². The van der Waals surface area contributed by atoms with Gasteiger partial charge in [-0.1, -0.05) is 18.2 Å². The molecule has 23 heavy (non-hydrogen) atoms. The summed E-state index contributed by atoms with van der Waals surface area (Å²) in [7, 11) is 0. The van der Waals surface area contributed by atoms with Crippen LogP contribution in [0.5, 0.6) is 0 Å². The summed E-state index contributed by atoms with van der Waals surface area (Å²) in [6.07, 6.45) is 3.07. The van der Waals surface area contributed by atoms with E-state index in [1.165, 1.54) is 11.3 Å². The summed E-state index contributed by atoms with van der Waals surface area (Å²) < 4.78 is 0. The third-order valence-corrected chi connectivity index (χ3v) is 4.39. The van der Waals surface area contributed by atoms with Crippen LogP contribution < -0.4 is 10.2 Å². The molecule has 1 fully saturated rings. The molecule has 132 valence electrons. The van der Waals surface area contributed by atoms with E-state index in [1.54, 1.807) is 0 Å². The van der Waals surface area contributed by atoms with E-state index in [-0.39, 0.29) is 24.8 Å². The van der Waals surface area contributed by atoms with Crippen molar-refractivity contribution in [3.05, 3.63) is 42.5 Å². The second-order valence-corrected chi connectivity index (χ2v) is 5.59. The molecular weight excluding hydrogens is 329 g/mol. The van der Waals surface area contributed by atoms with Gasteiger partial charge in [0.2, 0.25) is 0 Å². The van der Waals surface area contributed by atoms with E-state index in [9.17, 15) is 0 Å². The summed E-state index contributed by atoms with van der Waals surface area (Å²) in [4.78, 5) is 4.96. The fourth-order valence-electron chi connectivity index (χ4n) is 3.14. The minimum absolute atomic E-state index is 0. The smallest absolute Gasteiger partial charge is 0.0383 e. The van der Waals surface area contributed by atoms with Gasteiger partial charge in [-0.15, -0.1) is 31.4 Å². The van der Waals surface area contributed by atoms with Crippen LogP contribution in [0.3, 0.4) is 0 Å². The predicted octanol–water partition coefficient (Wildman–Crippen LogP) is 3.90. The first-order valence-electron chi connectivity index (χ1n) is 8.20. The van der Waals surface area contributed by atoms with Crippen LogP contribution >= 0.6 is 24.8 Å². The minimum Gasteiger partial charge on any atom is -0.372 e. The summed E-state index contributed by atoms with van der Waals surface area (Å²) in [6.45, 7) is 14.9. The molecule has 0 aliphatic carbocycles. The molecule has 0 radical (unpaired) electrons. The lowest BCUT2D eigenvalue weighted by Crippen LogP contribution is -2.45. The number of piperazine rings is 1. The highest BCUT2D eigenvalue weighted by atomic mass is 35.5. The molecule has 1 heterocycles. The van der Waals surface area contributed by atoms with Crippen molar-refractivity contribution in [1.29, 1.82) is 0 Å². The van der Waals surface area contributed by atoms with E-state index in [2.05, 4.69) is 59.8 Å². The lowest BCUT2D eigenvalue weighted by molar-refractivity contribution is 0.174. The molecule has 1 N–H and O–H groups in total. The number of benzene rings is 1. The van der Waals surface area contributed by atoms with Crippen molar-refractivity contribution < 1.29 is 0 Å². The van der Waals surface area contributed by atoms with Crippen molar-refractivity contribution in [2.24, 2.45) is 0 Å². The van der Waals surface area contributed by atoms with E-state index in [0.29, 0.717) is 6.04 Å². The van der Waals surface area contributed by atoms with Gasteiger partial charge in [0, 0.05) is 51.0 Å². The molecular formula is C18H31Cl2N3. The molecule has 1 aromatic rings. The zero-order valence-electron chi connectivity index (χ0n) is 14.3. The average molecular weight is 360 g/mol. The van der Waals surface area contributed by atoms with Gasteiger partial charge in [-0.05, 0) is 38.0 Å². The Morgan fingerprint density at radius 1 is 1.13 bits per heavy atom. The average Bonchev–Trinajstić information content (AvgIpc) is 2.55. The SMILES string of the molecule is C=CC[C@@H](c1ccc(N(CC)CC)cc1)N1CCNCC1.Cl.Cl. The standard InChI is InChI=1S/C18H29N3.2ClH/c1-4-7-18(21-14-12-19-13-15-21)16-8-10-17(11-9-16)20(5-2)6-3;;/h4,8-11,18-19H,1,5-7,12-15H2,2-3H3;2*1H/t18-;;/m0../s1. The largest absolute Gasteiger partial charge is 0.372 e. The summed E-state index contributed by atoms with van der Waals surface area (Å²) in [5.74, 6) is 0.